The molecule has 2 rings (SSSR count). The summed E-state index contributed by atoms with van der Waals surface area (Å²) < 4.78 is 0. The van der Waals surface area contributed by atoms with Gasteiger partial charge < -0.3 is 10.1 Å². The van der Waals surface area contributed by atoms with E-state index in [0.717, 1.165) is 36.1 Å². The van der Waals surface area contributed by atoms with Crippen LogP contribution in [0.15, 0.2) is 42.6 Å². The quantitative estimate of drug-likeness (QED) is 0.801. The fourth-order valence-corrected chi connectivity index (χ4v) is 2.08. The van der Waals surface area contributed by atoms with Crippen molar-refractivity contribution in [2.75, 3.05) is 0 Å². The van der Waals surface area contributed by atoms with Gasteiger partial charge in [-0.25, -0.2) is 0 Å². The van der Waals surface area contributed by atoms with Gasteiger partial charge in [0.2, 0.25) is 0 Å². The second-order valence-electron chi connectivity index (χ2n) is 4.33. The highest BCUT2D eigenvalue weighted by molar-refractivity contribution is 5.64. The highest BCUT2D eigenvalue weighted by Gasteiger charge is 2.12. The molecule has 1 unspecified atom stereocenters. The summed E-state index contributed by atoms with van der Waals surface area (Å²) in [7, 11) is 0. The van der Waals surface area contributed by atoms with Crippen molar-refractivity contribution in [1.82, 2.24) is 4.98 Å². The van der Waals surface area contributed by atoms with Crippen LogP contribution in [0.1, 0.15) is 37.9 Å². The largest absolute Gasteiger partial charge is 0.388 e. The predicted octanol–water partition coefficient (Wildman–Crippen LogP) is 3.91. The molecule has 1 aromatic carbocycles. The first kappa shape index (κ1) is 11.9. The summed E-state index contributed by atoms with van der Waals surface area (Å²) in [5, 5.41) is 10.2. The molecule has 90 valence electrons. The zero-order valence-corrected chi connectivity index (χ0v) is 10.2. The van der Waals surface area contributed by atoms with Crippen molar-refractivity contribution >= 4 is 0 Å². The van der Waals surface area contributed by atoms with Gasteiger partial charge in [-0.15, -0.1) is 0 Å². The molecule has 0 radical (unpaired) electrons. The lowest BCUT2D eigenvalue weighted by atomic mass is 9.97. The summed E-state index contributed by atoms with van der Waals surface area (Å²) in [5.74, 6) is 0. The van der Waals surface area contributed by atoms with E-state index in [9.17, 15) is 5.11 Å². The van der Waals surface area contributed by atoms with Gasteiger partial charge in [-0.05, 0) is 24.1 Å². The minimum atomic E-state index is -0.366. The van der Waals surface area contributed by atoms with Crippen molar-refractivity contribution in [3.05, 3.63) is 48.2 Å². The average Bonchev–Trinajstić information content (AvgIpc) is 2.89. The van der Waals surface area contributed by atoms with E-state index >= 15 is 0 Å². The number of aliphatic hydroxyl groups excluding tert-OH is 1. The number of rotatable bonds is 5. The van der Waals surface area contributed by atoms with Gasteiger partial charge in [0.25, 0.3) is 0 Å². The third kappa shape index (κ3) is 2.77. The summed E-state index contributed by atoms with van der Waals surface area (Å²) >= 11 is 0. The van der Waals surface area contributed by atoms with E-state index in [-0.39, 0.29) is 6.10 Å². The van der Waals surface area contributed by atoms with E-state index in [2.05, 4.69) is 18.0 Å². The molecule has 0 saturated carbocycles. The first-order chi connectivity index (χ1) is 8.33. The Bertz CT molecular complexity index is 448. The Labute approximate surface area is 102 Å². The van der Waals surface area contributed by atoms with E-state index in [4.69, 9.17) is 0 Å². The third-order valence-corrected chi connectivity index (χ3v) is 3.04. The van der Waals surface area contributed by atoms with Crippen LogP contribution in [0.2, 0.25) is 0 Å². The number of H-pyrrole nitrogens is 1. The van der Waals surface area contributed by atoms with Gasteiger partial charge in [-0.2, -0.15) is 0 Å². The molecular weight excluding hydrogens is 210 g/mol. The van der Waals surface area contributed by atoms with Gasteiger partial charge in [0.1, 0.15) is 0 Å². The monoisotopic (exact) mass is 229 g/mol. The molecular formula is C15H19NO. The van der Waals surface area contributed by atoms with E-state index < -0.39 is 0 Å². The van der Waals surface area contributed by atoms with E-state index in [1.54, 1.807) is 0 Å². The number of aromatic amines is 1. The number of benzene rings is 1. The van der Waals surface area contributed by atoms with Crippen molar-refractivity contribution in [3.8, 4) is 11.3 Å². The molecule has 0 saturated heterocycles. The lowest BCUT2D eigenvalue weighted by molar-refractivity contribution is 0.165. The van der Waals surface area contributed by atoms with Crippen molar-refractivity contribution in [2.45, 2.75) is 32.3 Å². The van der Waals surface area contributed by atoms with Crippen molar-refractivity contribution in [3.63, 3.8) is 0 Å². The number of unbranched alkanes of at least 4 members (excludes halogenated alkanes) is 1. The number of hydrogen-bond acceptors (Lipinski definition) is 1. The molecule has 0 spiro atoms. The number of aliphatic hydroxyl groups is 1. The normalized spacial score (nSPS) is 12.6. The molecule has 0 aliphatic heterocycles. The minimum absolute atomic E-state index is 0.366. The summed E-state index contributed by atoms with van der Waals surface area (Å²) in [5.41, 5.74) is 3.18. The molecule has 0 amide bonds. The van der Waals surface area contributed by atoms with Crippen LogP contribution in [-0.4, -0.2) is 10.1 Å². The van der Waals surface area contributed by atoms with Crippen LogP contribution in [0, 0.1) is 0 Å². The van der Waals surface area contributed by atoms with Gasteiger partial charge >= 0.3 is 0 Å². The molecule has 2 nitrogen and oxygen atoms in total. The fraction of sp³-hybridized carbons (Fsp3) is 0.333. The zero-order valence-electron chi connectivity index (χ0n) is 10.2. The Morgan fingerprint density at radius 2 is 2.00 bits per heavy atom. The number of hydrogen-bond donors (Lipinski definition) is 2. The predicted molar refractivity (Wildman–Crippen MR) is 70.7 cm³/mol. The first-order valence-electron chi connectivity index (χ1n) is 6.23. The van der Waals surface area contributed by atoms with Crippen molar-refractivity contribution in [2.24, 2.45) is 0 Å². The summed E-state index contributed by atoms with van der Waals surface area (Å²) in [6, 6.07) is 12.1. The summed E-state index contributed by atoms with van der Waals surface area (Å²) in [6.07, 6.45) is 4.54. The Hall–Kier alpha value is -1.54. The molecule has 0 aliphatic carbocycles. The van der Waals surface area contributed by atoms with Crippen LogP contribution >= 0.6 is 0 Å². The summed E-state index contributed by atoms with van der Waals surface area (Å²) in [6.45, 7) is 2.14. The van der Waals surface area contributed by atoms with Crippen LogP contribution < -0.4 is 0 Å². The lowest BCUT2D eigenvalue weighted by Gasteiger charge is -2.14. The molecule has 2 N–H and O–H groups in total. The Kier molecular flexibility index (Phi) is 3.99. The van der Waals surface area contributed by atoms with Crippen LogP contribution in [0.3, 0.4) is 0 Å². The van der Waals surface area contributed by atoms with Crippen molar-refractivity contribution in [1.29, 1.82) is 0 Å². The molecule has 1 aromatic heterocycles. The SMILES string of the molecule is CCCCC(O)c1ccccc1-c1ccc[nH]1. The maximum absolute atomic E-state index is 10.2. The summed E-state index contributed by atoms with van der Waals surface area (Å²) in [4.78, 5) is 3.19. The first-order valence-corrected chi connectivity index (χ1v) is 6.23. The molecule has 1 atom stereocenters. The molecule has 0 fully saturated rings. The Morgan fingerprint density at radius 1 is 1.18 bits per heavy atom. The van der Waals surface area contributed by atoms with Crippen LogP contribution in [0.25, 0.3) is 11.3 Å². The van der Waals surface area contributed by atoms with E-state index in [1.807, 2.05) is 36.5 Å². The second-order valence-corrected chi connectivity index (χ2v) is 4.33. The number of nitrogens with one attached hydrogen (secondary N) is 1. The average molecular weight is 229 g/mol. The van der Waals surface area contributed by atoms with Gasteiger partial charge in [-0.1, -0.05) is 44.0 Å². The number of aromatic nitrogens is 1. The van der Waals surface area contributed by atoms with Gasteiger partial charge in [0.05, 0.1) is 6.10 Å². The highest BCUT2D eigenvalue weighted by atomic mass is 16.3. The van der Waals surface area contributed by atoms with Gasteiger partial charge in [0, 0.05) is 17.5 Å². The maximum atomic E-state index is 10.2. The van der Waals surface area contributed by atoms with Crippen LogP contribution in [0.5, 0.6) is 0 Å². The third-order valence-electron chi connectivity index (χ3n) is 3.04. The van der Waals surface area contributed by atoms with Crippen molar-refractivity contribution < 1.29 is 5.11 Å². The molecule has 0 aliphatic rings. The van der Waals surface area contributed by atoms with Gasteiger partial charge in [0.15, 0.2) is 0 Å². The smallest absolute Gasteiger partial charge is 0.0796 e. The highest BCUT2D eigenvalue weighted by Crippen LogP contribution is 2.29. The molecule has 0 bridgehead atoms. The van der Waals surface area contributed by atoms with Crippen LogP contribution in [0.4, 0.5) is 0 Å². The topological polar surface area (TPSA) is 36.0 Å². The maximum Gasteiger partial charge on any atom is 0.0796 e. The molecule has 1 heterocycles. The second kappa shape index (κ2) is 5.69. The molecule has 2 aromatic rings. The molecule has 2 heteroatoms. The Balaban J connectivity index is 2.28. The lowest BCUT2D eigenvalue weighted by Crippen LogP contribution is -1.99. The molecule has 17 heavy (non-hydrogen) atoms. The van der Waals surface area contributed by atoms with Gasteiger partial charge in [-0.3, -0.25) is 0 Å². The van der Waals surface area contributed by atoms with E-state index in [1.165, 1.54) is 0 Å². The minimum Gasteiger partial charge on any atom is -0.388 e. The fourth-order valence-electron chi connectivity index (χ4n) is 2.08. The Morgan fingerprint density at radius 3 is 2.71 bits per heavy atom. The standard InChI is InChI=1S/C15H19NO/c1-2-3-10-15(17)13-8-5-4-7-12(13)14-9-6-11-16-14/h4-9,11,15-17H,2-3,10H2,1H3. The van der Waals surface area contributed by atoms with Crippen LogP contribution in [-0.2, 0) is 0 Å². The zero-order chi connectivity index (χ0) is 12.1. The van der Waals surface area contributed by atoms with E-state index in [0.29, 0.717) is 0 Å².